The van der Waals surface area contributed by atoms with E-state index in [1.165, 1.54) is 0 Å². The molecular weight excluding hydrogens is 364 g/mol. The average Bonchev–Trinajstić information content (AvgIpc) is 3.32. The van der Waals surface area contributed by atoms with Crippen molar-refractivity contribution in [1.82, 2.24) is 19.9 Å². The molecule has 1 aromatic carbocycles. The van der Waals surface area contributed by atoms with Crippen molar-refractivity contribution in [2.45, 2.75) is 32.2 Å². The molecule has 0 saturated carbocycles. The van der Waals surface area contributed by atoms with Gasteiger partial charge in [0.15, 0.2) is 0 Å². The van der Waals surface area contributed by atoms with Gasteiger partial charge in [-0.15, -0.1) is 0 Å². The Hall–Kier alpha value is -2.73. The Balaban J connectivity index is 1.51. The highest BCUT2D eigenvalue weighted by Crippen LogP contribution is 2.33. The molecule has 3 aromatic rings. The topological polar surface area (TPSA) is 72.1 Å². The van der Waals surface area contributed by atoms with E-state index < -0.39 is 0 Å². The first-order valence-electron chi connectivity index (χ1n) is 8.90. The van der Waals surface area contributed by atoms with Gasteiger partial charge in [-0.1, -0.05) is 23.7 Å². The monoisotopic (exact) mass is 382 g/mol. The maximum atomic E-state index is 12.9. The zero-order valence-corrected chi connectivity index (χ0v) is 15.7. The third-order valence-corrected chi connectivity index (χ3v) is 4.91. The van der Waals surface area contributed by atoms with Crippen molar-refractivity contribution in [3.8, 4) is 0 Å². The summed E-state index contributed by atoms with van der Waals surface area (Å²) in [6.07, 6.45) is 5.72. The maximum absolute atomic E-state index is 12.9. The number of hydrogen-bond acceptors (Lipinski definition) is 5. The molecule has 138 valence electrons. The van der Waals surface area contributed by atoms with Gasteiger partial charge in [-0.25, -0.2) is 15.0 Å². The summed E-state index contributed by atoms with van der Waals surface area (Å²) in [5.41, 5.74) is 1.50. The van der Waals surface area contributed by atoms with Gasteiger partial charge >= 0.3 is 0 Å². The molecule has 4 rings (SSSR count). The van der Waals surface area contributed by atoms with Crippen LogP contribution in [0.1, 0.15) is 52.4 Å². The minimum atomic E-state index is -0.160. The molecule has 27 heavy (non-hydrogen) atoms. The molecule has 0 unspecified atom stereocenters. The van der Waals surface area contributed by atoms with Crippen LogP contribution in [0.3, 0.4) is 0 Å². The Morgan fingerprint density at radius 1 is 1.26 bits per heavy atom. The second-order valence-corrected chi connectivity index (χ2v) is 7.05. The third-order valence-electron chi connectivity index (χ3n) is 4.66. The number of carbonyl (C=O) groups excluding carboxylic acids is 1. The van der Waals surface area contributed by atoms with Crippen LogP contribution in [0.15, 0.2) is 47.1 Å². The van der Waals surface area contributed by atoms with E-state index in [9.17, 15) is 4.79 Å². The molecule has 0 aliphatic carbocycles. The summed E-state index contributed by atoms with van der Waals surface area (Å²) in [5, 5.41) is 0.706. The lowest BCUT2D eigenvalue weighted by Gasteiger charge is -2.21. The number of likely N-dealkylation sites (tertiary alicyclic amines) is 1. The molecule has 1 saturated heterocycles. The van der Waals surface area contributed by atoms with Crippen molar-refractivity contribution in [3.63, 3.8) is 0 Å². The van der Waals surface area contributed by atoms with Crippen molar-refractivity contribution >= 4 is 17.5 Å². The Bertz CT molecular complexity index is 955. The molecule has 6 nitrogen and oxygen atoms in total. The van der Waals surface area contributed by atoms with Gasteiger partial charge in [0.1, 0.15) is 23.3 Å². The summed E-state index contributed by atoms with van der Waals surface area (Å²) < 4.78 is 5.97. The van der Waals surface area contributed by atoms with E-state index >= 15 is 0 Å². The van der Waals surface area contributed by atoms with Crippen LogP contribution in [0.4, 0.5) is 0 Å². The van der Waals surface area contributed by atoms with Crippen molar-refractivity contribution in [1.29, 1.82) is 0 Å². The number of aromatic nitrogens is 3. The van der Waals surface area contributed by atoms with Crippen molar-refractivity contribution in [3.05, 3.63) is 76.5 Å². The first-order valence-corrected chi connectivity index (χ1v) is 9.27. The van der Waals surface area contributed by atoms with Crippen LogP contribution in [-0.4, -0.2) is 32.3 Å². The molecule has 0 bridgehead atoms. The summed E-state index contributed by atoms with van der Waals surface area (Å²) in [4.78, 5) is 27.4. The smallest absolute Gasteiger partial charge is 0.273 e. The second-order valence-electron chi connectivity index (χ2n) is 6.61. The number of nitrogens with zero attached hydrogens (tertiary/aromatic N) is 4. The van der Waals surface area contributed by atoms with E-state index in [0.717, 1.165) is 24.2 Å². The van der Waals surface area contributed by atoms with Crippen LogP contribution >= 0.6 is 11.6 Å². The van der Waals surface area contributed by atoms with E-state index in [0.29, 0.717) is 35.4 Å². The van der Waals surface area contributed by atoms with Crippen LogP contribution in [-0.2, 0) is 6.42 Å². The van der Waals surface area contributed by atoms with Crippen LogP contribution in [0.25, 0.3) is 0 Å². The summed E-state index contributed by atoms with van der Waals surface area (Å²) >= 11 is 5.93. The minimum absolute atomic E-state index is 0.111. The lowest BCUT2D eigenvalue weighted by Crippen LogP contribution is -2.31. The van der Waals surface area contributed by atoms with Gasteiger partial charge in [-0.05, 0) is 43.5 Å². The van der Waals surface area contributed by atoms with E-state index in [1.807, 2.05) is 24.3 Å². The van der Waals surface area contributed by atoms with Gasteiger partial charge in [0.25, 0.3) is 5.91 Å². The molecule has 0 spiro atoms. The predicted octanol–water partition coefficient (Wildman–Crippen LogP) is 3.99. The fourth-order valence-corrected chi connectivity index (χ4v) is 3.48. The normalized spacial score (nSPS) is 16.7. The average molecular weight is 383 g/mol. The number of amides is 1. The second kappa shape index (κ2) is 7.48. The van der Waals surface area contributed by atoms with E-state index in [1.54, 1.807) is 30.3 Å². The Morgan fingerprint density at radius 3 is 2.85 bits per heavy atom. The lowest BCUT2D eigenvalue weighted by atomic mass is 10.1. The first kappa shape index (κ1) is 17.7. The molecule has 0 radical (unpaired) electrons. The maximum Gasteiger partial charge on any atom is 0.273 e. The summed E-state index contributed by atoms with van der Waals surface area (Å²) in [6.45, 7) is 2.44. The van der Waals surface area contributed by atoms with E-state index in [-0.39, 0.29) is 11.9 Å². The largest absolute Gasteiger partial charge is 0.443 e. The number of aryl methyl sites for hydroxylation is 1. The highest BCUT2D eigenvalue weighted by Gasteiger charge is 2.34. The molecule has 1 aliphatic heterocycles. The highest BCUT2D eigenvalue weighted by atomic mass is 35.5. The van der Waals surface area contributed by atoms with Crippen LogP contribution in [0.2, 0.25) is 5.02 Å². The van der Waals surface area contributed by atoms with Gasteiger partial charge in [0.2, 0.25) is 5.89 Å². The van der Waals surface area contributed by atoms with Gasteiger partial charge < -0.3 is 9.32 Å². The van der Waals surface area contributed by atoms with Gasteiger partial charge in [-0.3, -0.25) is 4.79 Å². The summed E-state index contributed by atoms with van der Waals surface area (Å²) in [5.74, 6) is 1.82. The number of carbonyl (C=O) groups is 1. The van der Waals surface area contributed by atoms with Crippen molar-refractivity contribution < 1.29 is 9.21 Å². The zero-order valence-electron chi connectivity index (χ0n) is 14.9. The van der Waals surface area contributed by atoms with E-state index in [2.05, 4.69) is 15.0 Å². The van der Waals surface area contributed by atoms with Crippen LogP contribution in [0.5, 0.6) is 0 Å². The third kappa shape index (κ3) is 3.85. The van der Waals surface area contributed by atoms with Crippen LogP contribution < -0.4 is 0 Å². The van der Waals surface area contributed by atoms with Gasteiger partial charge in [0, 0.05) is 24.2 Å². The Morgan fingerprint density at radius 2 is 2.07 bits per heavy atom. The molecule has 7 heteroatoms. The molecule has 1 amide bonds. The standard InChI is InChI=1S/C20H19ClN4O2/c1-13-22-9-8-17(24-13)20(26)25-10-2-3-18(25)19-23-12-16(27-19)11-14-4-6-15(21)7-5-14/h4-9,12,18H,2-3,10-11H2,1H3/t18-/m0/s1. The molecule has 2 aromatic heterocycles. The number of hydrogen-bond donors (Lipinski definition) is 0. The molecule has 1 atom stereocenters. The molecule has 1 aliphatic rings. The number of rotatable bonds is 4. The first-order chi connectivity index (χ1) is 13.1. The fraction of sp³-hybridized carbons (Fsp3) is 0.300. The zero-order chi connectivity index (χ0) is 18.8. The molecule has 3 heterocycles. The number of oxazole rings is 1. The molecule has 0 N–H and O–H groups in total. The predicted molar refractivity (Wildman–Crippen MR) is 101 cm³/mol. The Kier molecular flexibility index (Phi) is 4.90. The van der Waals surface area contributed by atoms with E-state index in [4.69, 9.17) is 16.0 Å². The number of halogens is 1. The minimum Gasteiger partial charge on any atom is -0.443 e. The fourth-order valence-electron chi connectivity index (χ4n) is 3.35. The lowest BCUT2D eigenvalue weighted by molar-refractivity contribution is 0.0708. The quantitative estimate of drug-likeness (QED) is 0.682. The number of benzene rings is 1. The van der Waals surface area contributed by atoms with Gasteiger partial charge in [0.05, 0.1) is 6.20 Å². The molecule has 1 fully saturated rings. The Labute approximate surface area is 162 Å². The highest BCUT2D eigenvalue weighted by molar-refractivity contribution is 6.30. The van der Waals surface area contributed by atoms with Crippen molar-refractivity contribution in [2.24, 2.45) is 0 Å². The SMILES string of the molecule is Cc1nccc(C(=O)N2CCC[C@H]2c2ncc(Cc3ccc(Cl)cc3)o2)n1. The van der Waals surface area contributed by atoms with Crippen molar-refractivity contribution in [2.75, 3.05) is 6.54 Å². The summed E-state index contributed by atoms with van der Waals surface area (Å²) in [6, 6.07) is 9.13. The summed E-state index contributed by atoms with van der Waals surface area (Å²) in [7, 11) is 0. The van der Waals surface area contributed by atoms with Crippen LogP contribution in [0, 0.1) is 6.92 Å². The van der Waals surface area contributed by atoms with Gasteiger partial charge in [-0.2, -0.15) is 0 Å². The molecular formula is C20H19ClN4O2.